The second-order valence-electron chi connectivity index (χ2n) is 6.97. The van der Waals surface area contributed by atoms with Gasteiger partial charge in [0.1, 0.15) is 17.3 Å². The third-order valence-electron chi connectivity index (χ3n) is 4.60. The molecule has 1 N–H and O–H groups in total. The highest BCUT2D eigenvalue weighted by atomic mass is 32.2. The Morgan fingerprint density at radius 3 is 2.66 bits per heavy atom. The fourth-order valence-electron chi connectivity index (χ4n) is 2.96. The summed E-state index contributed by atoms with van der Waals surface area (Å²) in [6.45, 7) is 7.94. The number of ether oxygens (including phenoxy) is 2. The topological polar surface area (TPSA) is 78.3 Å². The Labute approximate surface area is 190 Å². The number of rotatable bonds is 10. The number of aromatic nitrogens is 3. The molecule has 0 aliphatic rings. The van der Waals surface area contributed by atoms with Gasteiger partial charge < -0.3 is 14.8 Å². The van der Waals surface area contributed by atoms with Gasteiger partial charge in [-0.3, -0.25) is 9.36 Å². The SMILES string of the molecule is C=CCn1c(SCC(=O)Nc2cc(F)ccc2C)nnc1C(C)Oc1ccc(OC)cc1. The number of anilines is 1. The Kier molecular flexibility index (Phi) is 7.88. The first-order chi connectivity index (χ1) is 15.4. The predicted molar refractivity (Wildman–Crippen MR) is 123 cm³/mol. The fraction of sp³-hybridized carbons (Fsp3) is 0.261. The maximum atomic E-state index is 13.5. The molecule has 3 aromatic rings. The van der Waals surface area contributed by atoms with Gasteiger partial charge in [-0.05, 0) is 55.8 Å². The van der Waals surface area contributed by atoms with Crippen molar-refractivity contribution < 1.29 is 18.7 Å². The van der Waals surface area contributed by atoms with Gasteiger partial charge in [0.2, 0.25) is 5.91 Å². The van der Waals surface area contributed by atoms with E-state index in [2.05, 4.69) is 22.1 Å². The number of hydrogen-bond donors (Lipinski definition) is 1. The van der Waals surface area contributed by atoms with Gasteiger partial charge in [0.05, 0.1) is 12.9 Å². The molecule has 0 bridgehead atoms. The maximum Gasteiger partial charge on any atom is 0.234 e. The zero-order chi connectivity index (χ0) is 23.1. The summed E-state index contributed by atoms with van der Waals surface area (Å²) in [6.07, 6.45) is 1.35. The molecule has 2 aromatic carbocycles. The van der Waals surface area contributed by atoms with Crippen LogP contribution in [0.5, 0.6) is 11.5 Å². The Morgan fingerprint density at radius 1 is 1.25 bits per heavy atom. The first kappa shape index (κ1) is 23.3. The molecule has 0 fully saturated rings. The Balaban J connectivity index is 1.67. The number of hydrogen-bond acceptors (Lipinski definition) is 6. The van der Waals surface area contributed by atoms with Crippen LogP contribution in [0.25, 0.3) is 0 Å². The number of halogens is 1. The Morgan fingerprint density at radius 2 is 1.97 bits per heavy atom. The molecule has 0 aliphatic carbocycles. The number of carbonyl (C=O) groups excluding carboxylic acids is 1. The van der Waals surface area contributed by atoms with E-state index in [0.717, 1.165) is 11.3 Å². The predicted octanol–water partition coefficient (Wildman–Crippen LogP) is 4.79. The number of carbonyl (C=O) groups is 1. The largest absolute Gasteiger partial charge is 0.497 e. The average Bonchev–Trinajstić information content (AvgIpc) is 3.18. The van der Waals surface area contributed by atoms with E-state index >= 15 is 0 Å². The molecule has 9 heteroatoms. The molecule has 1 heterocycles. The van der Waals surface area contributed by atoms with Gasteiger partial charge in [0.25, 0.3) is 0 Å². The van der Waals surface area contributed by atoms with Crippen LogP contribution in [0, 0.1) is 12.7 Å². The van der Waals surface area contributed by atoms with Gasteiger partial charge >= 0.3 is 0 Å². The number of thioether (sulfide) groups is 1. The van der Waals surface area contributed by atoms with Crippen LogP contribution < -0.4 is 14.8 Å². The van der Waals surface area contributed by atoms with Crippen LogP contribution in [-0.2, 0) is 11.3 Å². The van der Waals surface area contributed by atoms with Crippen molar-refractivity contribution in [3.63, 3.8) is 0 Å². The van der Waals surface area contributed by atoms with Gasteiger partial charge in [-0.25, -0.2) is 4.39 Å². The van der Waals surface area contributed by atoms with Crippen molar-refractivity contribution in [2.75, 3.05) is 18.2 Å². The molecular weight excluding hydrogens is 431 g/mol. The molecule has 0 saturated carbocycles. The summed E-state index contributed by atoms with van der Waals surface area (Å²) >= 11 is 1.24. The van der Waals surface area contributed by atoms with Crippen molar-refractivity contribution >= 4 is 23.4 Å². The minimum atomic E-state index is -0.403. The van der Waals surface area contributed by atoms with Gasteiger partial charge in [-0.15, -0.1) is 16.8 Å². The van der Waals surface area contributed by atoms with Crippen LogP contribution in [-0.4, -0.2) is 33.5 Å². The number of amides is 1. The molecule has 0 spiro atoms. The molecule has 1 amide bonds. The lowest BCUT2D eigenvalue weighted by Crippen LogP contribution is -2.16. The first-order valence-electron chi connectivity index (χ1n) is 9.94. The number of nitrogens with zero attached hydrogens (tertiary/aromatic N) is 3. The summed E-state index contributed by atoms with van der Waals surface area (Å²) in [4.78, 5) is 12.4. The third kappa shape index (κ3) is 5.88. The molecular formula is C23H25FN4O3S. The second kappa shape index (κ2) is 10.8. The van der Waals surface area contributed by atoms with E-state index in [-0.39, 0.29) is 17.8 Å². The lowest BCUT2D eigenvalue weighted by atomic mass is 10.2. The van der Waals surface area contributed by atoms with Gasteiger partial charge in [-0.2, -0.15) is 0 Å². The monoisotopic (exact) mass is 456 g/mol. The lowest BCUT2D eigenvalue weighted by molar-refractivity contribution is -0.113. The van der Waals surface area contributed by atoms with Crippen LogP contribution in [0.2, 0.25) is 0 Å². The van der Waals surface area contributed by atoms with Crippen LogP contribution in [0.15, 0.2) is 60.3 Å². The molecule has 32 heavy (non-hydrogen) atoms. The smallest absolute Gasteiger partial charge is 0.234 e. The van der Waals surface area contributed by atoms with Crippen molar-refractivity contribution in [2.45, 2.75) is 31.7 Å². The van der Waals surface area contributed by atoms with Crippen molar-refractivity contribution in [3.8, 4) is 11.5 Å². The zero-order valence-electron chi connectivity index (χ0n) is 18.2. The quantitative estimate of drug-likeness (QED) is 0.349. The maximum absolute atomic E-state index is 13.5. The minimum absolute atomic E-state index is 0.0962. The summed E-state index contributed by atoms with van der Waals surface area (Å²) in [5.74, 6) is 1.46. The number of benzene rings is 2. The molecule has 3 rings (SSSR count). The van der Waals surface area contributed by atoms with E-state index in [1.807, 2.05) is 35.8 Å². The zero-order valence-corrected chi connectivity index (χ0v) is 19.0. The van der Waals surface area contributed by atoms with Crippen LogP contribution in [0.4, 0.5) is 10.1 Å². The van der Waals surface area contributed by atoms with Crippen molar-refractivity contribution in [1.82, 2.24) is 14.8 Å². The first-order valence-corrected chi connectivity index (χ1v) is 10.9. The highest BCUT2D eigenvalue weighted by Gasteiger charge is 2.20. The fourth-order valence-corrected chi connectivity index (χ4v) is 3.72. The number of methoxy groups -OCH3 is 1. The van der Waals surface area contributed by atoms with Gasteiger partial charge in [-0.1, -0.05) is 23.9 Å². The number of nitrogens with one attached hydrogen (secondary N) is 1. The standard InChI is InChI=1S/C23H25FN4O3S/c1-5-12-28-22(16(3)31-19-10-8-18(30-4)9-11-19)26-27-23(28)32-14-21(29)25-20-13-17(24)7-6-15(20)2/h5-11,13,16H,1,12,14H2,2-4H3,(H,25,29). The minimum Gasteiger partial charge on any atom is -0.497 e. The van der Waals surface area contributed by atoms with E-state index in [9.17, 15) is 9.18 Å². The van der Waals surface area contributed by atoms with Crippen molar-refractivity contribution in [3.05, 3.63) is 72.3 Å². The van der Waals surface area contributed by atoms with Crippen LogP contribution in [0.3, 0.4) is 0 Å². The van der Waals surface area contributed by atoms with Gasteiger partial charge in [0, 0.05) is 12.2 Å². The summed E-state index contributed by atoms with van der Waals surface area (Å²) < 4.78 is 26.5. The van der Waals surface area contributed by atoms with E-state index in [1.54, 1.807) is 26.2 Å². The van der Waals surface area contributed by atoms with E-state index in [1.165, 1.54) is 23.9 Å². The highest BCUT2D eigenvalue weighted by molar-refractivity contribution is 7.99. The van der Waals surface area contributed by atoms with E-state index in [0.29, 0.717) is 29.0 Å². The summed E-state index contributed by atoms with van der Waals surface area (Å²) in [5.41, 5.74) is 1.23. The average molecular weight is 457 g/mol. The molecule has 168 valence electrons. The molecule has 1 unspecified atom stereocenters. The number of aryl methyl sites for hydroxylation is 1. The Hall–Kier alpha value is -3.33. The van der Waals surface area contributed by atoms with Gasteiger partial charge in [0.15, 0.2) is 17.1 Å². The van der Waals surface area contributed by atoms with Crippen molar-refractivity contribution in [2.24, 2.45) is 0 Å². The van der Waals surface area contributed by atoms with Crippen LogP contribution >= 0.6 is 11.8 Å². The normalized spacial score (nSPS) is 11.6. The second-order valence-corrected chi connectivity index (χ2v) is 7.91. The third-order valence-corrected chi connectivity index (χ3v) is 5.57. The van der Waals surface area contributed by atoms with E-state index in [4.69, 9.17) is 9.47 Å². The summed E-state index contributed by atoms with van der Waals surface area (Å²) in [7, 11) is 1.61. The Bertz CT molecular complexity index is 1090. The highest BCUT2D eigenvalue weighted by Crippen LogP contribution is 2.26. The van der Waals surface area contributed by atoms with E-state index < -0.39 is 5.82 Å². The molecule has 0 radical (unpaired) electrons. The lowest BCUT2D eigenvalue weighted by Gasteiger charge is -2.16. The summed E-state index contributed by atoms with van der Waals surface area (Å²) in [5, 5.41) is 11.8. The molecule has 1 atom stereocenters. The molecule has 7 nitrogen and oxygen atoms in total. The molecule has 0 aliphatic heterocycles. The molecule has 0 saturated heterocycles. The molecule has 1 aromatic heterocycles. The summed E-state index contributed by atoms with van der Waals surface area (Å²) in [6, 6.07) is 11.5. The van der Waals surface area contributed by atoms with Crippen molar-refractivity contribution in [1.29, 1.82) is 0 Å². The number of allylic oxidation sites excluding steroid dienone is 1. The van der Waals surface area contributed by atoms with Crippen LogP contribution in [0.1, 0.15) is 24.4 Å².